The van der Waals surface area contributed by atoms with Crippen molar-refractivity contribution in [2.24, 2.45) is 0 Å². The average molecular weight is 325 g/mol. The Balaban J connectivity index is 1.95. The van der Waals surface area contributed by atoms with Crippen molar-refractivity contribution < 1.29 is 18.8 Å². The molecule has 22 heavy (non-hydrogen) atoms. The number of thioether (sulfide) groups is 1. The van der Waals surface area contributed by atoms with Gasteiger partial charge in [0.15, 0.2) is 0 Å². The van der Waals surface area contributed by atoms with E-state index in [0.717, 1.165) is 10.7 Å². The first-order valence-corrected chi connectivity index (χ1v) is 8.07. The Kier molecular flexibility index (Phi) is 5.37. The Hall–Kier alpha value is -2.09. The molecule has 8 heteroatoms. The first kappa shape index (κ1) is 16.3. The third-order valence-electron chi connectivity index (χ3n) is 3.17. The van der Waals surface area contributed by atoms with Crippen molar-refractivity contribution in [3.05, 3.63) is 30.1 Å². The quantitative estimate of drug-likeness (QED) is 0.776. The molecule has 1 aliphatic rings. The molecule has 1 saturated heterocycles. The molecule has 0 saturated carbocycles. The number of rotatable bonds is 6. The molecule has 1 heterocycles. The number of para-hydroxylation sites is 1. The Labute approximate surface area is 131 Å². The number of halogens is 1. The molecule has 0 aromatic heterocycles. The second-order valence-corrected chi connectivity index (χ2v) is 5.72. The third-order valence-corrected chi connectivity index (χ3v) is 3.81. The molecule has 1 aliphatic heterocycles. The van der Waals surface area contributed by atoms with Gasteiger partial charge in [0.05, 0.1) is 5.69 Å². The lowest BCUT2D eigenvalue weighted by Crippen LogP contribution is -2.38. The van der Waals surface area contributed by atoms with Crippen LogP contribution in [0, 0.1) is 5.82 Å². The highest BCUT2D eigenvalue weighted by atomic mass is 32.2. The zero-order valence-corrected chi connectivity index (χ0v) is 12.8. The number of carbonyl (C=O) groups is 3. The molecule has 1 fully saturated rings. The molecule has 1 aromatic carbocycles. The first-order chi connectivity index (χ1) is 10.5. The molecule has 6 nitrogen and oxygen atoms in total. The van der Waals surface area contributed by atoms with Crippen LogP contribution in [-0.2, 0) is 9.59 Å². The molecular formula is C14H16FN3O3S. The number of imide groups is 1. The van der Waals surface area contributed by atoms with Crippen molar-refractivity contribution in [2.75, 3.05) is 23.9 Å². The van der Waals surface area contributed by atoms with Gasteiger partial charge in [-0.3, -0.25) is 14.5 Å². The number of hydrogen-bond donors (Lipinski definition) is 2. The molecule has 0 radical (unpaired) electrons. The van der Waals surface area contributed by atoms with Gasteiger partial charge in [0.2, 0.25) is 5.91 Å². The van der Waals surface area contributed by atoms with Crippen LogP contribution in [0.5, 0.6) is 0 Å². The highest BCUT2D eigenvalue weighted by Crippen LogP contribution is 2.14. The summed E-state index contributed by atoms with van der Waals surface area (Å²) in [4.78, 5) is 36.5. The maximum atomic E-state index is 13.4. The lowest BCUT2D eigenvalue weighted by molar-refractivity contribution is -0.130. The van der Waals surface area contributed by atoms with Crippen LogP contribution in [0.2, 0.25) is 0 Å². The Morgan fingerprint density at radius 1 is 1.41 bits per heavy atom. The average Bonchev–Trinajstić information content (AvgIpc) is 2.75. The summed E-state index contributed by atoms with van der Waals surface area (Å²) in [5, 5.41) is 4.88. The predicted octanol–water partition coefficient (Wildman–Crippen LogP) is 1.44. The molecule has 1 atom stereocenters. The summed E-state index contributed by atoms with van der Waals surface area (Å²) < 4.78 is 13.4. The molecule has 0 unspecified atom stereocenters. The molecule has 0 spiro atoms. The second kappa shape index (κ2) is 7.26. The van der Waals surface area contributed by atoms with Gasteiger partial charge >= 0.3 is 6.03 Å². The molecule has 118 valence electrons. The van der Waals surface area contributed by atoms with E-state index in [4.69, 9.17) is 0 Å². The van der Waals surface area contributed by atoms with Crippen molar-refractivity contribution in [1.29, 1.82) is 0 Å². The number of carbonyl (C=O) groups excluding carboxylic acids is 3. The maximum absolute atomic E-state index is 13.4. The monoisotopic (exact) mass is 325 g/mol. The van der Waals surface area contributed by atoms with Crippen LogP contribution in [0.3, 0.4) is 0 Å². The van der Waals surface area contributed by atoms with Gasteiger partial charge in [-0.15, -0.1) is 0 Å². The smallest absolute Gasteiger partial charge is 0.325 e. The van der Waals surface area contributed by atoms with Gasteiger partial charge in [0.25, 0.3) is 5.91 Å². The normalized spacial score (nSPS) is 17.5. The molecular weight excluding hydrogens is 309 g/mol. The Morgan fingerprint density at radius 3 is 2.82 bits per heavy atom. The zero-order chi connectivity index (χ0) is 16.1. The van der Waals surface area contributed by atoms with E-state index < -0.39 is 36.2 Å². The van der Waals surface area contributed by atoms with E-state index in [1.54, 1.807) is 17.8 Å². The summed E-state index contributed by atoms with van der Waals surface area (Å²) in [6, 6.07) is 4.49. The minimum absolute atomic E-state index is 0.0125. The van der Waals surface area contributed by atoms with E-state index in [1.807, 2.05) is 6.26 Å². The standard InChI is InChI=1S/C14H16FN3O3S/c1-22-7-6-11-13(20)18(14(21)17-11)8-12(19)16-10-5-3-2-4-9(10)15/h2-5,11H,6-8H2,1H3,(H,16,19)(H,17,21)/t11-/m1/s1. The van der Waals surface area contributed by atoms with Gasteiger partial charge in [0, 0.05) is 0 Å². The molecule has 0 bridgehead atoms. The fraction of sp³-hybridized carbons (Fsp3) is 0.357. The van der Waals surface area contributed by atoms with E-state index in [2.05, 4.69) is 10.6 Å². The van der Waals surface area contributed by atoms with Crippen molar-refractivity contribution >= 4 is 35.3 Å². The second-order valence-electron chi connectivity index (χ2n) is 4.74. The van der Waals surface area contributed by atoms with Gasteiger partial charge in [-0.05, 0) is 30.6 Å². The Morgan fingerprint density at radius 2 is 2.14 bits per heavy atom. The van der Waals surface area contributed by atoms with Gasteiger partial charge in [-0.2, -0.15) is 11.8 Å². The predicted molar refractivity (Wildman–Crippen MR) is 82.1 cm³/mol. The number of benzene rings is 1. The van der Waals surface area contributed by atoms with Gasteiger partial charge < -0.3 is 10.6 Å². The van der Waals surface area contributed by atoms with Crippen LogP contribution in [0.25, 0.3) is 0 Å². The maximum Gasteiger partial charge on any atom is 0.325 e. The molecule has 1 aromatic rings. The minimum atomic E-state index is -0.626. The van der Waals surface area contributed by atoms with E-state index in [9.17, 15) is 18.8 Å². The van der Waals surface area contributed by atoms with Crippen LogP contribution in [-0.4, -0.2) is 47.3 Å². The summed E-state index contributed by atoms with van der Waals surface area (Å²) in [7, 11) is 0. The number of hydrogen-bond acceptors (Lipinski definition) is 4. The summed E-state index contributed by atoms with van der Waals surface area (Å²) >= 11 is 1.57. The topological polar surface area (TPSA) is 78.5 Å². The van der Waals surface area contributed by atoms with Gasteiger partial charge in [-0.25, -0.2) is 9.18 Å². The summed E-state index contributed by atoms with van der Waals surface area (Å²) in [6.45, 7) is -0.436. The van der Waals surface area contributed by atoms with E-state index >= 15 is 0 Å². The van der Waals surface area contributed by atoms with E-state index in [0.29, 0.717) is 6.42 Å². The summed E-state index contributed by atoms with van der Waals surface area (Å²) in [5.41, 5.74) is 0.0125. The van der Waals surface area contributed by atoms with Crippen molar-refractivity contribution in [3.8, 4) is 0 Å². The zero-order valence-electron chi connectivity index (χ0n) is 12.0. The number of amides is 4. The van der Waals surface area contributed by atoms with Crippen LogP contribution in [0.4, 0.5) is 14.9 Å². The lowest BCUT2D eigenvalue weighted by atomic mass is 10.2. The van der Waals surface area contributed by atoms with Crippen molar-refractivity contribution in [1.82, 2.24) is 10.2 Å². The van der Waals surface area contributed by atoms with Crippen LogP contribution in [0.1, 0.15) is 6.42 Å². The summed E-state index contributed by atoms with van der Waals surface area (Å²) in [6.07, 6.45) is 2.41. The fourth-order valence-electron chi connectivity index (χ4n) is 2.05. The fourth-order valence-corrected chi connectivity index (χ4v) is 2.53. The highest BCUT2D eigenvalue weighted by molar-refractivity contribution is 7.98. The number of nitrogens with one attached hydrogen (secondary N) is 2. The number of anilines is 1. The molecule has 2 N–H and O–H groups in total. The third kappa shape index (κ3) is 3.76. The van der Waals surface area contributed by atoms with Crippen molar-refractivity contribution in [2.45, 2.75) is 12.5 Å². The minimum Gasteiger partial charge on any atom is -0.326 e. The SMILES string of the molecule is CSCC[C@H]1NC(=O)N(CC(=O)Nc2ccccc2F)C1=O. The van der Waals surface area contributed by atoms with E-state index in [-0.39, 0.29) is 5.69 Å². The Bertz CT molecular complexity index is 596. The molecule has 4 amide bonds. The largest absolute Gasteiger partial charge is 0.326 e. The van der Waals surface area contributed by atoms with E-state index in [1.165, 1.54) is 18.2 Å². The first-order valence-electron chi connectivity index (χ1n) is 6.68. The highest BCUT2D eigenvalue weighted by Gasteiger charge is 2.38. The van der Waals surface area contributed by atoms with Gasteiger partial charge in [0.1, 0.15) is 18.4 Å². The van der Waals surface area contributed by atoms with Crippen LogP contribution in [0.15, 0.2) is 24.3 Å². The van der Waals surface area contributed by atoms with Crippen LogP contribution >= 0.6 is 11.8 Å². The summed E-state index contributed by atoms with van der Waals surface area (Å²) in [5.74, 6) is -0.904. The molecule has 2 rings (SSSR count). The lowest BCUT2D eigenvalue weighted by Gasteiger charge is -2.13. The van der Waals surface area contributed by atoms with Gasteiger partial charge in [-0.1, -0.05) is 12.1 Å². The number of urea groups is 1. The van der Waals surface area contributed by atoms with Crippen LogP contribution < -0.4 is 10.6 Å². The number of nitrogens with zero attached hydrogens (tertiary/aromatic N) is 1. The van der Waals surface area contributed by atoms with Crippen molar-refractivity contribution in [3.63, 3.8) is 0 Å². The molecule has 0 aliphatic carbocycles.